The van der Waals surface area contributed by atoms with Gasteiger partial charge < -0.3 is 19.9 Å². The van der Waals surface area contributed by atoms with Gasteiger partial charge in [-0.1, -0.05) is 12.1 Å². The number of hydrogen-bond acceptors (Lipinski definition) is 3. The lowest BCUT2D eigenvalue weighted by atomic mass is 9.99. The van der Waals surface area contributed by atoms with E-state index in [1.54, 1.807) is 0 Å². The third-order valence-electron chi connectivity index (χ3n) is 5.30. The number of rotatable bonds is 4. The largest absolute Gasteiger partial charge is 0.378 e. The van der Waals surface area contributed by atoms with E-state index in [0.717, 1.165) is 51.6 Å². The van der Waals surface area contributed by atoms with E-state index in [-0.39, 0.29) is 24.0 Å². The zero-order chi connectivity index (χ0) is 17.6. The number of fused-ring (bicyclic) bond motifs is 1. The number of likely N-dealkylation sites (tertiary alicyclic amines) is 1. The number of aryl methyl sites for hydroxylation is 1. The van der Waals surface area contributed by atoms with Crippen LogP contribution in [0.25, 0.3) is 0 Å². The van der Waals surface area contributed by atoms with Gasteiger partial charge in [-0.15, -0.1) is 24.0 Å². The highest BCUT2D eigenvalue weighted by atomic mass is 127. The first kappa shape index (κ1) is 21.3. The van der Waals surface area contributed by atoms with E-state index >= 15 is 0 Å². The topological polar surface area (TPSA) is 40.1 Å². The summed E-state index contributed by atoms with van der Waals surface area (Å²) < 4.78 is 5.74. The lowest BCUT2D eigenvalue weighted by Gasteiger charge is -2.34. The quantitative estimate of drug-likeness (QED) is 0.415. The van der Waals surface area contributed by atoms with Gasteiger partial charge in [-0.05, 0) is 49.8 Å². The molecule has 0 radical (unpaired) electrons. The van der Waals surface area contributed by atoms with Crippen molar-refractivity contribution >= 4 is 35.6 Å². The minimum absolute atomic E-state index is 0. The van der Waals surface area contributed by atoms with Crippen molar-refractivity contribution in [1.29, 1.82) is 0 Å². The molecule has 0 unspecified atom stereocenters. The van der Waals surface area contributed by atoms with Crippen LogP contribution in [0.15, 0.2) is 23.2 Å². The summed E-state index contributed by atoms with van der Waals surface area (Å²) in [6, 6.07) is 6.86. The molecule has 1 aromatic carbocycles. The Morgan fingerprint density at radius 1 is 1.27 bits per heavy atom. The van der Waals surface area contributed by atoms with Crippen molar-refractivity contribution < 1.29 is 4.74 Å². The summed E-state index contributed by atoms with van der Waals surface area (Å²) in [6.07, 6.45) is 5.01. The maximum atomic E-state index is 5.74. The molecule has 5 nitrogen and oxygen atoms in total. The molecule has 0 aromatic heterocycles. The highest BCUT2D eigenvalue weighted by Gasteiger charge is 2.21. The molecule has 0 bridgehead atoms. The number of guanidine groups is 1. The number of piperidine rings is 1. The zero-order valence-corrected chi connectivity index (χ0v) is 18.7. The number of benzene rings is 1. The summed E-state index contributed by atoms with van der Waals surface area (Å²) in [5.74, 6) is 1.00. The molecule has 1 fully saturated rings. The first-order valence-corrected chi connectivity index (χ1v) is 9.61. The Bertz CT molecular complexity index is 599. The summed E-state index contributed by atoms with van der Waals surface area (Å²) >= 11 is 0. The first-order chi connectivity index (χ1) is 12.2. The van der Waals surface area contributed by atoms with E-state index in [1.165, 1.54) is 29.7 Å². The van der Waals surface area contributed by atoms with Gasteiger partial charge >= 0.3 is 0 Å². The summed E-state index contributed by atoms with van der Waals surface area (Å²) in [5, 5.41) is 3.54. The van der Waals surface area contributed by atoms with E-state index < -0.39 is 0 Å². The third-order valence-corrected chi connectivity index (χ3v) is 5.30. The first-order valence-electron chi connectivity index (χ1n) is 9.61. The average Bonchev–Trinajstić information content (AvgIpc) is 2.64. The molecule has 0 spiro atoms. The second kappa shape index (κ2) is 10.3. The van der Waals surface area contributed by atoms with Crippen molar-refractivity contribution in [3.8, 4) is 0 Å². The summed E-state index contributed by atoms with van der Waals surface area (Å²) in [7, 11) is 4.06. The van der Waals surface area contributed by atoms with Crippen molar-refractivity contribution in [1.82, 2.24) is 10.2 Å². The van der Waals surface area contributed by atoms with Crippen molar-refractivity contribution in [3.05, 3.63) is 29.3 Å². The van der Waals surface area contributed by atoms with Crippen molar-refractivity contribution in [2.75, 3.05) is 45.2 Å². The van der Waals surface area contributed by atoms with E-state index in [4.69, 9.17) is 4.74 Å². The Kier molecular flexibility index (Phi) is 8.47. The Labute approximate surface area is 175 Å². The van der Waals surface area contributed by atoms with Gasteiger partial charge in [0, 0.05) is 52.6 Å². The van der Waals surface area contributed by atoms with Gasteiger partial charge in [-0.2, -0.15) is 0 Å². The van der Waals surface area contributed by atoms with Crippen LogP contribution in [0.4, 0.5) is 5.69 Å². The number of hydrogen-bond donors (Lipinski definition) is 1. The number of nitrogens with one attached hydrogen (secondary N) is 1. The maximum Gasteiger partial charge on any atom is 0.193 e. The molecule has 0 saturated carbocycles. The molecule has 2 heterocycles. The van der Waals surface area contributed by atoms with Crippen LogP contribution in [0.3, 0.4) is 0 Å². The molecule has 1 aromatic rings. The minimum atomic E-state index is 0. The molecule has 2 aliphatic heterocycles. The van der Waals surface area contributed by atoms with E-state index in [9.17, 15) is 0 Å². The average molecular weight is 472 g/mol. The van der Waals surface area contributed by atoms with E-state index in [1.807, 2.05) is 7.05 Å². The van der Waals surface area contributed by atoms with Crippen LogP contribution in [0, 0.1) is 0 Å². The van der Waals surface area contributed by atoms with Gasteiger partial charge in [0.05, 0.1) is 6.10 Å². The molecule has 26 heavy (non-hydrogen) atoms. The molecule has 1 N–H and O–H groups in total. The molecular formula is C20H33IN4O. The fraction of sp³-hybridized carbons (Fsp3) is 0.650. The number of halogens is 1. The van der Waals surface area contributed by atoms with E-state index in [2.05, 4.69) is 52.3 Å². The summed E-state index contributed by atoms with van der Waals surface area (Å²) in [5.41, 5.74) is 4.19. The molecule has 146 valence electrons. The maximum absolute atomic E-state index is 5.74. The summed E-state index contributed by atoms with van der Waals surface area (Å²) in [6.45, 7) is 6.90. The third kappa shape index (κ3) is 5.25. The molecule has 0 aliphatic carbocycles. The van der Waals surface area contributed by atoms with Gasteiger partial charge in [-0.3, -0.25) is 4.99 Å². The van der Waals surface area contributed by atoms with Gasteiger partial charge in [0.25, 0.3) is 0 Å². The minimum Gasteiger partial charge on any atom is -0.378 e. The Hall–Kier alpha value is -1.02. The fourth-order valence-electron chi connectivity index (χ4n) is 3.93. The van der Waals surface area contributed by atoms with Crippen LogP contribution in [-0.2, 0) is 17.7 Å². The van der Waals surface area contributed by atoms with Crippen LogP contribution in [0.2, 0.25) is 0 Å². The predicted octanol–water partition coefficient (Wildman–Crippen LogP) is 3.26. The van der Waals surface area contributed by atoms with Crippen LogP contribution < -0.4 is 10.2 Å². The molecular weight excluding hydrogens is 439 g/mol. The molecule has 0 amide bonds. The normalized spacial score (nSPS) is 18.3. The molecule has 2 aliphatic rings. The molecule has 6 heteroatoms. The van der Waals surface area contributed by atoms with Gasteiger partial charge in [0.2, 0.25) is 0 Å². The Morgan fingerprint density at radius 3 is 2.73 bits per heavy atom. The summed E-state index contributed by atoms with van der Waals surface area (Å²) in [4.78, 5) is 9.19. The smallest absolute Gasteiger partial charge is 0.193 e. The van der Waals surface area contributed by atoms with Crippen LogP contribution in [-0.4, -0.2) is 57.3 Å². The Morgan fingerprint density at radius 2 is 2.04 bits per heavy atom. The predicted molar refractivity (Wildman–Crippen MR) is 120 cm³/mol. The molecule has 0 atom stereocenters. The number of ether oxygens (including phenoxy) is 1. The molecule has 3 rings (SSSR count). The lowest BCUT2D eigenvalue weighted by molar-refractivity contribution is 0.0263. The second-order valence-corrected chi connectivity index (χ2v) is 7.03. The zero-order valence-electron chi connectivity index (χ0n) is 16.3. The van der Waals surface area contributed by atoms with Crippen LogP contribution >= 0.6 is 24.0 Å². The standard InChI is InChI=1S/C20H32N4O.HI/c1-4-25-18-9-12-24(13-10-18)20(21-2)22-15-16-7-8-19-17(14-16)6-5-11-23(19)3;/h7-8,14,18H,4-6,9-13,15H2,1-3H3,(H,21,22);1H. The van der Waals surface area contributed by atoms with Crippen molar-refractivity contribution in [3.63, 3.8) is 0 Å². The van der Waals surface area contributed by atoms with Gasteiger partial charge in [-0.25, -0.2) is 0 Å². The fourth-order valence-corrected chi connectivity index (χ4v) is 3.93. The Balaban J connectivity index is 0.00000243. The number of anilines is 1. The van der Waals surface area contributed by atoms with Gasteiger partial charge in [0.15, 0.2) is 5.96 Å². The van der Waals surface area contributed by atoms with Gasteiger partial charge in [0.1, 0.15) is 0 Å². The van der Waals surface area contributed by atoms with Crippen LogP contribution in [0.1, 0.15) is 37.3 Å². The highest BCUT2D eigenvalue weighted by Crippen LogP contribution is 2.26. The SMILES string of the molecule is CCOC1CCN(C(=NC)NCc2ccc3c(c2)CCCN3C)CC1.I. The van der Waals surface area contributed by atoms with Crippen molar-refractivity contribution in [2.24, 2.45) is 4.99 Å². The second-order valence-electron chi connectivity index (χ2n) is 7.03. The number of aliphatic imine (C=N–C) groups is 1. The van der Waals surface area contributed by atoms with Crippen molar-refractivity contribution in [2.45, 2.75) is 45.3 Å². The highest BCUT2D eigenvalue weighted by molar-refractivity contribution is 14.0. The number of nitrogens with zero attached hydrogens (tertiary/aromatic N) is 3. The lowest BCUT2D eigenvalue weighted by Crippen LogP contribution is -2.46. The molecule has 1 saturated heterocycles. The van der Waals surface area contributed by atoms with E-state index in [0.29, 0.717) is 6.10 Å². The monoisotopic (exact) mass is 472 g/mol. The van der Waals surface area contributed by atoms with Crippen LogP contribution in [0.5, 0.6) is 0 Å².